The Morgan fingerprint density at radius 2 is 0.849 bits per heavy atom. The van der Waals surface area contributed by atoms with Crippen molar-refractivity contribution in [3.05, 3.63) is 155 Å². The molecule has 6 aromatic carbocycles. The maximum Gasteiger partial charge on any atom is 0.407 e. The Kier molecular flexibility index (Phi) is 117. The zero-order valence-electron chi connectivity index (χ0n) is 63.3. The second-order valence-electron chi connectivity index (χ2n) is 23.7. The summed E-state index contributed by atoms with van der Waals surface area (Å²) in [7, 11) is 0. The molecule has 12 nitrogen and oxygen atoms in total. The van der Waals surface area contributed by atoms with E-state index < -0.39 is 23.7 Å². The van der Waals surface area contributed by atoms with Gasteiger partial charge in [-0.05, 0) is 167 Å². The van der Waals surface area contributed by atoms with E-state index in [0.29, 0.717) is 36.5 Å². The average molecular weight is 1820 g/mol. The number of amides is 2. The van der Waals surface area contributed by atoms with E-state index in [0.717, 1.165) is 93.2 Å². The molecular weight excluding hydrogens is 1730 g/mol. The molecule has 8 aromatic rings. The lowest BCUT2D eigenvalue weighted by Crippen LogP contribution is -2.41. The first-order valence-corrected chi connectivity index (χ1v) is 32.3. The summed E-state index contributed by atoms with van der Waals surface area (Å²) in [6, 6.07) is 41.8. The number of rotatable bonds is 17. The van der Waals surface area contributed by atoms with Crippen LogP contribution in [0.1, 0.15) is 159 Å². The Hall–Kier alpha value is -9.71. The number of carboxylic acid groups (broad SMARTS) is 1. The van der Waals surface area contributed by atoms with Crippen molar-refractivity contribution in [3.8, 4) is 0 Å². The summed E-state index contributed by atoms with van der Waals surface area (Å²) < 4.78 is 314. The monoisotopic (exact) mass is 1820 g/mol. The first-order chi connectivity index (χ1) is 57.5. The van der Waals surface area contributed by atoms with Crippen LogP contribution in [0.3, 0.4) is 0 Å². The maximum atomic E-state index is 13.4. The Labute approximate surface area is 656 Å². The van der Waals surface area contributed by atoms with Crippen molar-refractivity contribution in [3.63, 3.8) is 0 Å². The maximum absolute atomic E-state index is 13.4. The standard InChI is InChI=1S/C32H39N3O.C19H23NO4.C17H25N3.CH4.19F2/c1-4-5-17-35-30-15-12-23(2)19-29(30)33-32(35)28-11-8-16-34(22-28)31(36)20-24(3)18-25-13-14-26-9-6-7-10-27(26)21-25;1-19(2,3)24-18(23)20-16(12-17(21)22)11-13-8-9-14-6-4-5-7-15(14)10-13;1-3-4-10-20-16-8-7-13(2)11-15(16)19-17(20)14-6-5-9-18-12-14;;19*1-2/h6-7,9-10,12-15,19,21,24,28H,4-5,8,11,16-18,20,22H2,1-3H3;4-10,16H,11-12H2,1-3H3,(H,20,23)(H,21,22);7-8,11,14,18H,3-6,9-10,12H2,1-2H3;1H4;;;;;;;;;;;;;;;;;;;/t24-,28-;16-;14-;;;;;;;;;;;;;;;;;;;;/m111..................../s1. The minimum Gasteiger partial charge on any atom is -0.481 e. The van der Waals surface area contributed by atoms with E-state index in [1.54, 1.807) is 20.8 Å². The molecule has 50 heteroatoms. The van der Waals surface area contributed by atoms with Gasteiger partial charge in [0.25, 0.3) is 0 Å². The minimum atomic E-state index is -0.961. The van der Waals surface area contributed by atoms with E-state index in [9.17, 15) is 14.4 Å². The number of aryl methyl sites for hydroxylation is 4. The number of carbonyl (C=O) groups excluding carboxylic acids is 2. The van der Waals surface area contributed by atoms with Crippen LogP contribution in [0.2, 0.25) is 0 Å². The molecule has 0 radical (unpaired) electrons. The number of fused-ring (bicyclic) bond motifs is 4. The number of alkyl carbamates (subject to hydrolysis) is 1. The number of ether oxygens (including phenoxy) is 1. The van der Waals surface area contributed by atoms with Gasteiger partial charge >= 0.3 is 12.1 Å². The number of aliphatic carboxylic acids is 1. The highest BCUT2D eigenvalue weighted by molar-refractivity contribution is 5.84. The van der Waals surface area contributed by atoms with Crippen LogP contribution in [0.5, 0.6) is 0 Å². The lowest BCUT2D eigenvalue weighted by molar-refractivity contribution is -0.137. The molecule has 0 aliphatic carbocycles. The first kappa shape index (κ1) is 138. The van der Waals surface area contributed by atoms with Crippen LogP contribution in [0.15, 0.2) is 121 Å². The number of carboxylic acids is 1. The molecule has 0 spiro atoms. The van der Waals surface area contributed by atoms with Gasteiger partial charge in [-0.1, -0.05) is 138 Å². The third kappa shape index (κ3) is 59.6. The largest absolute Gasteiger partial charge is 0.481 e. The van der Waals surface area contributed by atoms with E-state index >= 15 is 0 Å². The fourth-order valence-electron chi connectivity index (χ4n) is 11.5. The normalized spacial score (nSPS) is 12.0. The van der Waals surface area contributed by atoms with Crippen molar-refractivity contribution in [2.24, 2.45) is 5.92 Å². The molecule has 2 aliphatic heterocycles. The van der Waals surface area contributed by atoms with Crippen molar-refractivity contribution in [2.75, 3.05) is 26.2 Å². The number of aromatic nitrogens is 4. The van der Waals surface area contributed by atoms with Gasteiger partial charge in [0.1, 0.15) is 17.2 Å². The lowest BCUT2D eigenvalue weighted by Gasteiger charge is -2.33. The molecule has 2 fully saturated rings. The van der Waals surface area contributed by atoms with Gasteiger partial charge in [0, 0.05) is 231 Å². The van der Waals surface area contributed by atoms with Crippen LogP contribution in [-0.4, -0.2) is 84.9 Å². The second-order valence-corrected chi connectivity index (χ2v) is 23.7. The van der Waals surface area contributed by atoms with Crippen LogP contribution in [-0.2, 0) is 40.3 Å². The Morgan fingerprint density at radius 1 is 0.487 bits per heavy atom. The van der Waals surface area contributed by atoms with Crippen molar-refractivity contribution in [2.45, 2.75) is 176 Å². The SMILES string of the molecule is C.CC(C)(C)OC(=O)N[C@@H](CC(=O)O)Cc1ccc2ccccc2c1.CCCCn1c([C@@H]2CCCN(C(=O)C[C@H](C)Cc3ccc4ccccc4c3)C2)nc2cc(C)ccc21.CCCCn1c([C@@H]2CCCNC2)nc2cc(C)ccc21.FF.FF.FF.FF.FF.FF.FF.FF.FF.FF.FF.FF.FF.FF.FF.FF.FF.FF.FF. The summed E-state index contributed by atoms with van der Waals surface area (Å²) in [4.78, 5) is 48.6. The van der Waals surface area contributed by atoms with Crippen LogP contribution < -0.4 is 10.6 Å². The van der Waals surface area contributed by atoms with Gasteiger partial charge in [0.15, 0.2) is 0 Å². The summed E-state index contributed by atoms with van der Waals surface area (Å²) in [6.07, 6.45) is 10.6. The Balaban J connectivity index is -0.000000109. The third-order valence-electron chi connectivity index (χ3n) is 15.5. The fraction of sp³-hybridized carbons (Fsp3) is 0.464. The smallest absolute Gasteiger partial charge is 0.407 e. The van der Waals surface area contributed by atoms with Crippen molar-refractivity contribution in [1.29, 1.82) is 0 Å². The molecule has 2 saturated heterocycles. The number of likely N-dealkylation sites (tertiary alicyclic amines) is 1. The molecule has 119 heavy (non-hydrogen) atoms. The number of carbonyl (C=O) groups is 3. The zero-order valence-corrected chi connectivity index (χ0v) is 63.3. The van der Waals surface area contributed by atoms with E-state index in [1.165, 1.54) is 81.3 Å². The third-order valence-corrected chi connectivity index (χ3v) is 15.5. The van der Waals surface area contributed by atoms with Crippen molar-refractivity contribution < 1.29 is 198 Å². The second kappa shape index (κ2) is 101. The van der Waals surface area contributed by atoms with Gasteiger partial charge in [-0.15, -0.1) is 0 Å². The molecule has 2 aromatic heterocycles. The molecule has 2 amide bonds. The summed E-state index contributed by atoms with van der Waals surface area (Å²) in [5.41, 5.74) is 9.00. The molecule has 0 bridgehead atoms. The van der Waals surface area contributed by atoms with Crippen molar-refractivity contribution >= 4 is 61.6 Å². The average Bonchev–Trinajstić information content (AvgIpc) is 1.64. The number of halogens is 38. The van der Waals surface area contributed by atoms with Gasteiger partial charge in [0.2, 0.25) is 5.91 Å². The highest BCUT2D eigenvalue weighted by Crippen LogP contribution is 2.32. The minimum absolute atomic E-state index is 0. The van der Waals surface area contributed by atoms with Crippen LogP contribution in [0, 0.1) is 19.8 Å². The summed E-state index contributed by atoms with van der Waals surface area (Å²) in [6.45, 7) is 22.3. The van der Waals surface area contributed by atoms with Gasteiger partial charge in [-0.25, -0.2) is 14.8 Å². The van der Waals surface area contributed by atoms with Crippen LogP contribution in [0.4, 0.5) is 179 Å². The number of nitrogens with zero attached hydrogens (tertiary/aromatic N) is 5. The summed E-state index contributed by atoms with van der Waals surface area (Å²) in [5, 5.41) is 20.0. The van der Waals surface area contributed by atoms with Gasteiger partial charge in [-0.3, -0.25) is 9.59 Å². The summed E-state index contributed by atoms with van der Waals surface area (Å²) >= 11 is 0. The molecule has 4 atom stereocenters. The summed E-state index contributed by atoms with van der Waals surface area (Å²) in [5.74, 6) is 3.00. The molecule has 0 saturated carbocycles. The fourth-order valence-corrected chi connectivity index (χ4v) is 11.5. The van der Waals surface area contributed by atoms with E-state index in [-0.39, 0.29) is 13.8 Å². The Morgan fingerprint density at radius 3 is 1.20 bits per heavy atom. The molecule has 10 rings (SSSR count). The van der Waals surface area contributed by atoms with E-state index in [2.05, 4.69) is 138 Å². The zero-order chi connectivity index (χ0) is 94.8. The molecular formula is C69H91F38N7O5. The quantitative estimate of drug-likeness (QED) is 0.0765. The Bertz CT molecular complexity index is 3450. The highest BCUT2D eigenvalue weighted by Gasteiger charge is 2.30. The highest BCUT2D eigenvalue weighted by atomic mass is 20.0. The van der Waals surface area contributed by atoms with Crippen molar-refractivity contribution in [1.82, 2.24) is 34.6 Å². The number of benzene rings is 6. The number of hydrogen-bond donors (Lipinski definition) is 3. The van der Waals surface area contributed by atoms with Gasteiger partial charge in [-0.2, -0.15) is 0 Å². The molecule has 3 N–H and O–H groups in total. The van der Waals surface area contributed by atoms with Gasteiger partial charge in [0.05, 0.1) is 28.5 Å². The number of hydrogen-bond acceptors (Lipinski definition) is 7. The van der Waals surface area contributed by atoms with Crippen LogP contribution in [0.25, 0.3) is 43.6 Å². The molecule has 2 aliphatic rings. The molecule has 4 heterocycles. The van der Waals surface area contributed by atoms with Gasteiger partial charge < -0.3 is 34.5 Å². The predicted octanol–water partition coefficient (Wildman–Crippen LogP) is 31.2. The number of imidazole rings is 2. The van der Waals surface area contributed by atoms with E-state index in [1.807, 2.05) is 42.5 Å². The number of nitrogens with one attached hydrogen (secondary N) is 2. The lowest BCUT2D eigenvalue weighted by atomic mass is 9.93. The molecule has 0 unspecified atom stereocenters. The topological polar surface area (TPSA) is 144 Å². The predicted molar refractivity (Wildman–Crippen MR) is 375 cm³/mol. The first-order valence-electron chi connectivity index (χ1n) is 32.3. The number of piperidine rings is 2. The van der Waals surface area contributed by atoms with E-state index in [4.69, 9.17) is 194 Å². The number of unbranched alkanes of at least 4 members (excludes halogenated alkanes) is 2. The van der Waals surface area contributed by atoms with Crippen LogP contribution >= 0.6 is 0 Å². The molecule has 698 valence electrons.